The fourth-order valence-electron chi connectivity index (χ4n) is 2.56. The molecule has 1 atom stereocenters. The summed E-state index contributed by atoms with van der Waals surface area (Å²) in [7, 11) is 0. The number of anilines is 1. The first-order valence-electron chi connectivity index (χ1n) is 8.56. The van der Waals surface area contributed by atoms with E-state index in [1.54, 1.807) is 23.6 Å². The Morgan fingerprint density at radius 3 is 2.79 bits per heavy atom. The molecule has 146 valence electrons. The lowest BCUT2D eigenvalue weighted by Gasteiger charge is -2.12. The highest BCUT2D eigenvalue weighted by Crippen LogP contribution is 2.25. The van der Waals surface area contributed by atoms with Crippen molar-refractivity contribution in [2.45, 2.75) is 13.0 Å². The van der Waals surface area contributed by atoms with Crippen molar-refractivity contribution in [3.05, 3.63) is 65.6 Å². The van der Waals surface area contributed by atoms with E-state index in [2.05, 4.69) is 15.3 Å². The van der Waals surface area contributed by atoms with Crippen molar-refractivity contribution in [2.24, 2.45) is 0 Å². The molecule has 9 heteroatoms. The van der Waals surface area contributed by atoms with Gasteiger partial charge in [-0.15, -0.1) is 11.3 Å². The second-order valence-corrected chi connectivity index (χ2v) is 6.97. The summed E-state index contributed by atoms with van der Waals surface area (Å²) in [5, 5.41) is 4.71. The summed E-state index contributed by atoms with van der Waals surface area (Å²) < 4.78 is 23.4. The zero-order valence-electron chi connectivity index (χ0n) is 15.1. The van der Waals surface area contributed by atoms with Crippen molar-refractivity contribution < 1.29 is 23.1 Å². The van der Waals surface area contributed by atoms with Crippen molar-refractivity contribution in [1.82, 2.24) is 9.97 Å². The Balaban J connectivity index is 1.39. The summed E-state index contributed by atoms with van der Waals surface area (Å²) in [6, 6.07) is 10.6. The maximum Gasteiger partial charge on any atom is 0.338 e. The quantitative estimate of drug-likeness (QED) is 0.493. The molecule has 2 aromatic carbocycles. The molecule has 0 aliphatic rings. The predicted molar refractivity (Wildman–Crippen MR) is 105 cm³/mol. The van der Waals surface area contributed by atoms with Crippen molar-refractivity contribution >= 4 is 39.4 Å². The molecule has 1 N–H and O–H groups in total. The van der Waals surface area contributed by atoms with E-state index < -0.39 is 18.0 Å². The molecule has 0 bridgehead atoms. The zero-order chi connectivity index (χ0) is 20.4. The first kappa shape index (κ1) is 18.8. The van der Waals surface area contributed by atoms with E-state index >= 15 is 0 Å². The highest BCUT2D eigenvalue weighted by molar-refractivity contribution is 7.14. The van der Waals surface area contributed by atoms with Crippen molar-refractivity contribution in [2.75, 3.05) is 5.32 Å². The maximum absolute atomic E-state index is 13.0. The van der Waals surface area contributed by atoms with Gasteiger partial charge >= 0.3 is 5.97 Å². The Morgan fingerprint density at radius 1 is 1.21 bits per heavy atom. The van der Waals surface area contributed by atoms with Gasteiger partial charge in [-0.25, -0.2) is 19.2 Å². The number of thiazole rings is 1. The van der Waals surface area contributed by atoms with Gasteiger partial charge in [0.25, 0.3) is 5.91 Å². The normalized spacial score (nSPS) is 11.9. The number of hydrogen-bond donors (Lipinski definition) is 1. The molecule has 4 rings (SSSR count). The average Bonchev–Trinajstić information content (AvgIpc) is 3.37. The first-order chi connectivity index (χ1) is 14.0. The van der Waals surface area contributed by atoms with E-state index in [0.717, 1.165) is 5.56 Å². The van der Waals surface area contributed by atoms with Crippen LogP contribution in [-0.2, 0) is 9.53 Å². The third kappa shape index (κ3) is 4.14. The van der Waals surface area contributed by atoms with Gasteiger partial charge in [-0.3, -0.25) is 10.1 Å². The van der Waals surface area contributed by atoms with E-state index in [0.29, 0.717) is 21.9 Å². The van der Waals surface area contributed by atoms with Crippen molar-refractivity contribution in [1.29, 1.82) is 0 Å². The predicted octanol–water partition coefficient (Wildman–Crippen LogP) is 4.27. The molecule has 2 heterocycles. The van der Waals surface area contributed by atoms with Crippen LogP contribution in [0.15, 0.2) is 58.7 Å². The third-order valence-electron chi connectivity index (χ3n) is 4.09. The Bertz CT molecular complexity index is 1190. The first-order valence-corrected chi connectivity index (χ1v) is 9.44. The lowest BCUT2D eigenvalue weighted by atomic mass is 10.2. The van der Waals surface area contributed by atoms with Crippen LogP contribution in [0.5, 0.6) is 0 Å². The second-order valence-electron chi connectivity index (χ2n) is 6.12. The number of rotatable bonds is 5. The van der Waals surface area contributed by atoms with Gasteiger partial charge in [-0.1, -0.05) is 0 Å². The topological polar surface area (TPSA) is 94.3 Å². The van der Waals surface area contributed by atoms with E-state index in [1.807, 2.05) is 0 Å². The number of nitrogens with zero attached hydrogens (tertiary/aromatic N) is 2. The summed E-state index contributed by atoms with van der Waals surface area (Å²) in [4.78, 5) is 32.9. The molecule has 0 aliphatic carbocycles. The second kappa shape index (κ2) is 7.80. The molecule has 4 aromatic rings. The number of nitrogens with one attached hydrogen (secondary N) is 1. The molecule has 7 nitrogen and oxygen atoms in total. The summed E-state index contributed by atoms with van der Waals surface area (Å²) in [6.07, 6.45) is 0.248. The minimum Gasteiger partial charge on any atom is -0.449 e. The molecule has 0 saturated heterocycles. The van der Waals surface area contributed by atoms with Crippen molar-refractivity contribution in [3.8, 4) is 11.3 Å². The average molecular weight is 411 g/mol. The van der Waals surface area contributed by atoms with Crippen LogP contribution in [0.3, 0.4) is 0 Å². The Kier molecular flexibility index (Phi) is 5.05. The SMILES string of the molecule is CC(OC(=O)c1ccc2ocnc2c1)C(=O)Nc1nc(-c2ccc(F)cc2)cs1. The smallest absolute Gasteiger partial charge is 0.338 e. The molecule has 0 aliphatic heterocycles. The molecule has 1 unspecified atom stereocenters. The van der Waals surface area contributed by atoms with Gasteiger partial charge in [-0.05, 0) is 49.4 Å². The van der Waals surface area contributed by atoms with Crippen molar-refractivity contribution in [3.63, 3.8) is 0 Å². The number of hydrogen-bond acceptors (Lipinski definition) is 7. The van der Waals surface area contributed by atoms with E-state index in [1.165, 1.54) is 48.9 Å². The van der Waals surface area contributed by atoms with E-state index in [-0.39, 0.29) is 11.4 Å². The Labute approximate surface area is 168 Å². The Morgan fingerprint density at radius 2 is 2.00 bits per heavy atom. The molecule has 0 fully saturated rings. The fourth-order valence-corrected chi connectivity index (χ4v) is 3.28. The van der Waals surface area contributed by atoms with Crippen LogP contribution in [0.25, 0.3) is 22.4 Å². The molecule has 2 aromatic heterocycles. The minimum absolute atomic E-state index is 0.263. The number of amides is 1. The summed E-state index contributed by atoms with van der Waals surface area (Å²) >= 11 is 1.22. The number of carbonyl (C=O) groups is 2. The molecule has 29 heavy (non-hydrogen) atoms. The number of benzene rings is 2. The van der Waals surface area contributed by atoms with Gasteiger partial charge < -0.3 is 9.15 Å². The minimum atomic E-state index is -1.03. The number of esters is 1. The number of halogens is 1. The van der Waals surface area contributed by atoms with Crippen LogP contribution in [0.1, 0.15) is 17.3 Å². The summed E-state index contributed by atoms with van der Waals surface area (Å²) in [5.41, 5.74) is 2.67. The van der Waals surface area contributed by atoms with E-state index in [9.17, 15) is 14.0 Å². The van der Waals surface area contributed by atoms with E-state index in [4.69, 9.17) is 9.15 Å². The van der Waals surface area contributed by atoms with Crippen LogP contribution in [0, 0.1) is 5.82 Å². The molecule has 0 radical (unpaired) electrons. The lowest BCUT2D eigenvalue weighted by molar-refractivity contribution is -0.123. The van der Waals surface area contributed by atoms with Crippen LogP contribution in [0.2, 0.25) is 0 Å². The van der Waals surface area contributed by atoms with Gasteiger partial charge in [0.05, 0.1) is 11.3 Å². The van der Waals surface area contributed by atoms with Crippen LogP contribution >= 0.6 is 11.3 Å². The van der Waals surface area contributed by atoms with Gasteiger partial charge in [0.15, 0.2) is 23.2 Å². The maximum atomic E-state index is 13.0. The van der Waals surface area contributed by atoms with Gasteiger partial charge in [-0.2, -0.15) is 0 Å². The number of ether oxygens (including phenoxy) is 1. The van der Waals surface area contributed by atoms with Crippen LogP contribution < -0.4 is 5.32 Å². The summed E-state index contributed by atoms with van der Waals surface area (Å²) in [5.74, 6) is -1.50. The molecule has 0 saturated carbocycles. The molecular formula is C20H14FN3O4S. The zero-order valence-corrected chi connectivity index (χ0v) is 15.9. The molecule has 0 spiro atoms. The van der Waals surface area contributed by atoms with Crippen LogP contribution in [-0.4, -0.2) is 27.9 Å². The standard InChI is InChI=1S/C20H14FN3O4S/c1-11(28-19(26)13-4-7-17-15(8-13)22-10-27-17)18(25)24-20-23-16(9-29-20)12-2-5-14(21)6-3-12/h2-11H,1H3,(H,23,24,25). The monoisotopic (exact) mass is 411 g/mol. The Hall–Kier alpha value is -3.59. The number of oxazole rings is 1. The number of carbonyl (C=O) groups excluding carboxylic acids is 2. The van der Waals surface area contributed by atoms with Gasteiger partial charge in [0.2, 0.25) is 0 Å². The largest absolute Gasteiger partial charge is 0.449 e. The third-order valence-corrected chi connectivity index (χ3v) is 4.85. The van der Waals surface area contributed by atoms with Crippen LogP contribution in [0.4, 0.5) is 9.52 Å². The number of fused-ring (bicyclic) bond motifs is 1. The summed E-state index contributed by atoms with van der Waals surface area (Å²) in [6.45, 7) is 1.47. The van der Waals surface area contributed by atoms with Gasteiger partial charge in [0.1, 0.15) is 11.3 Å². The number of aromatic nitrogens is 2. The fraction of sp³-hybridized carbons (Fsp3) is 0.100. The molecular weight excluding hydrogens is 397 g/mol. The highest BCUT2D eigenvalue weighted by atomic mass is 32.1. The highest BCUT2D eigenvalue weighted by Gasteiger charge is 2.20. The van der Waals surface area contributed by atoms with Gasteiger partial charge in [0, 0.05) is 10.9 Å². The molecule has 1 amide bonds. The lowest BCUT2D eigenvalue weighted by Crippen LogP contribution is -2.29.